The Bertz CT molecular complexity index is 912. The monoisotopic (exact) mass is 468 g/mol. The molecule has 0 spiro atoms. The summed E-state index contributed by atoms with van der Waals surface area (Å²) in [5, 5.41) is 15.4. The minimum Gasteiger partial charge on any atom is -0.459 e. The normalized spacial score (nSPS) is 18.2. The van der Waals surface area contributed by atoms with Crippen molar-refractivity contribution in [3.8, 4) is 0 Å². The first-order valence-corrected chi connectivity index (χ1v) is 9.63. The molecular formula is C19H24N4O10. The minimum atomic E-state index is -1.50. The van der Waals surface area contributed by atoms with E-state index < -0.39 is 59.6 Å². The van der Waals surface area contributed by atoms with Crippen molar-refractivity contribution in [2.75, 3.05) is 6.61 Å². The Labute approximate surface area is 187 Å². The average Bonchev–Trinajstić information content (AvgIpc) is 2.71. The zero-order valence-electron chi connectivity index (χ0n) is 18.1. The number of hydrogen-bond acceptors (Lipinski definition) is 10. The number of primary amides is 1. The molecule has 1 aliphatic heterocycles. The number of hydrogen-bond donors (Lipinski definition) is 3. The van der Waals surface area contributed by atoms with Crippen molar-refractivity contribution in [3.63, 3.8) is 0 Å². The number of nitro benzene ring substituents is 1. The number of carbonyl (C=O) groups is 4. The van der Waals surface area contributed by atoms with Gasteiger partial charge in [0.2, 0.25) is 5.91 Å². The molecule has 1 fully saturated rings. The fourth-order valence-electron chi connectivity index (χ4n) is 2.50. The first-order chi connectivity index (χ1) is 15.4. The maximum absolute atomic E-state index is 12.5. The molecule has 14 nitrogen and oxygen atoms in total. The maximum Gasteiger partial charge on any atom is 0.408 e. The molecule has 0 radical (unpaired) electrons. The summed E-state index contributed by atoms with van der Waals surface area (Å²) in [7, 11) is 0. The molecule has 1 aliphatic rings. The van der Waals surface area contributed by atoms with E-state index in [-0.39, 0.29) is 12.3 Å². The largest absolute Gasteiger partial charge is 0.459 e. The molecule has 1 heterocycles. The summed E-state index contributed by atoms with van der Waals surface area (Å²) in [4.78, 5) is 57.3. The van der Waals surface area contributed by atoms with Gasteiger partial charge in [0.1, 0.15) is 18.8 Å². The number of β-lactam (4-membered cyclic amide) rings is 1. The summed E-state index contributed by atoms with van der Waals surface area (Å²) in [5.41, 5.74) is 4.44. The Morgan fingerprint density at radius 2 is 1.85 bits per heavy atom. The lowest BCUT2D eigenvalue weighted by Gasteiger charge is -2.38. The Morgan fingerprint density at radius 1 is 1.21 bits per heavy atom. The highest BCUT2D eigenvalue weighted by molar-refractivity contribution is 5.91. The highest BCUT2D eigenvalue weighted by Gasteiger charge is 2.45. The number of amides is 3. The quantitative estimate of drug-likeness (QED) is 0.150. The molecule has 3 atom stereocenters. The predicted molar refractivity (Wildman–Crippen MR) is 108 cm³/mol. The van der Waals surface area contributed by atoms with Gasteiger partial charge < -0.3 is 35.3 Å². The van der Waals surface area contributed by atoms with Gasteiger partial charge in [0, 0.05) is 12.1 Å². The number of nitrogens with two attached hydrogens (primary N) is 1. The Kier molecular flexibility index (Phi) is 8.12. The zero-order valence-corrected chi connectivity index (χ0v) is 18.1. The summed E-state index contributed by atoms with van der Waals surface area (Å²) >= 11 is 0. The van der Waals surface area contributed by atoms with E-state index in [4.69, 9.17) is 19.9 Å². The topological polar surface area (TPSA) is 198 Å². The van der Waals surface area contributed by atoms with Crippen molar-refractivity contribution in [3.05, 3.63) is 39.9 Å². The highest BCUT2D eigenvalue weighted by Crippen LogP contribution is 2.16. The van der Waals surface area contributed by atoms with E-state index in [9.17, 15) is 29.3 Å². The molecule has 3 amide bonds. The highest BCUT2D eigenvalue weighted by atomic mass is 16.6. The Hall–Kier alpha value is -3.94. The van der Waals surface area contributed by atoms with Gasteiger partial charge in [-0.2, -0.15) is 0 Å². The molecule has 0 aliphatic carbocycles. The predicted octanol–water partition coefficient (Wildman–Crippen LogP) is 0.468. The molecule has 1 aromatic rings. The number of esters is 1. The number of nitrogens with one attached hydrogen (secondary N) is 2. The number of carbonyl (C=O) groups excluding carboxylic acids is 4. The summed E-state index contributed by atoms with van der Waals surface area (Å²) in [6, 6.07) is 4.11. The van der Waals surface area contributed by atoms with Crippen LogP contribution in [0.2, 0.25) is 0 Å². The molecule has 0 aromatic heterocycles. The second-order valence-corrected chi connectivity index (χ2v) is 7.84. The molecule has 180 valence electrons. The number of rotatable bonds is 9. The standard InChI is InChI=1S/C19H24N4O10/c1-19(2,3)33-18(27)21-13-14(24)22-15(13)32-12(9-31-17(20)26)16(25)30-8-10-4-6-11(7-5-10)23(28)29/h4-7,12-13,15H,8-9H2,1-3H3,(H2,20,26)(H,21,27)(H,22,24). The van der Waals surface area contributed by atoms with Gasteiger partial charge in [-0.25, -0.2) is 14.4 Å². The smallest absolute Gasteiger partial charge is 0.408 e. The van der Waals surface area contributed by atoms with Crippen LogP contribution in [-0.4, -0.2) is 59.6 Å². The second kappa shape index (κ2) is 10.6. The number of alkyl carbamates (subject to hydrolysis) is 1. The van der Waals surface area contributed by atoms with Crippen LogP contribution in [-0.2, 0) is 35.1 Å². The summed E-state index contributed by atoms with van der Waals surface area (Å²) in [5.74, 6) is -1.55. The van der Waals surface area contributed by atoms with E-state index in [0.717, 1.165) is 0 Å². The molecule has 2 rings (SSSR count). The van der Waals surface area contributed by atoms with E-state index in [1.807, 2.05) is 0 Å². The lowest BCUT2D eigenvalue weighted by molar-refractivity contribution is -0.384. The minimum absolute atomic E-state index is 0.134. The van der Waals surface area contributed by atoms with Crippen molar-refractivity contribution in [2.24, 2.45) is 5.73 Å². The molecule has 1 aromatic carbocycles. The molecule has 4 N–H and O–H groups in total. The van der Waals surface area contributed by atoms with Gasteiger partial charge in [0.25, 0.3) is 5.69 Å². The molecular weight excluding hydrogens is 444 g/mol. The van der Waals surface area contributed by atoms with Crippen LogP contribution >= 0.6 is 0 Å². The van der Waals surface area contributed by atoms with Crippen LogP contribution < -0.4 is 16.4 Å². The van der Waals surface area contributed by atoms with E-state index in [1.165, 1.54) is 24.3 Å². The van der Waals surface area contributed by atoms with E-state index in [1.54, 1.807) is 20.8 Å². The van der Waals surface area contributed by atoms with Gasteiger partial charge >= 0.3 is 18.2 Å². The molecule has 33 heavy (non-hydrogen) atoms. The van der Waals surface area contributed by atoms with Gasteiger partial charge in [-0.05, 0) is 38.5 Å². The fraction of sp³-hybridized carbons (Fsp3) is 0.474. The Balaban J connectivity index is 1.98. The number of nitrogens with zero attached hydrogens (tertiary/aromatic N) is 1. The van der Waals surface area contributed by atoms with Crippen molar-refractivity contribution in [2.45, 2.75) is 51.4 Å². The summed E-state index contributed by atoms with van der Waals surface area (Å²) < 4.78 is 20.3. The van der Waals surface area contributed by atoms with Crippen LogP contribution in [0, 0.1) is 10.1 Å². The van der Waals surface area contributed by atoms with Crippen molar-refractivity contribution < 1.29 is 43.0 Å². The number of benzene rings is 1. The van der Waals surface area contributed by atoms with Crippen LogP contribution in [0.4, 0.5) is 15.3 Å². The second-order valence-electron chi connectivity index (χ2n) is 7.84. The summed E-state index contributed by atoms with van der Waals surface area (Å²) in [6.45, 7) is 4.03. The number of non-ortho nitro benzene ring substituents is 1. The van der Waals surface area contributed by atoms with Gasteiger partial charge in [-0.15, -0.1) is 0 Å². The van der Waals surface area contributed by atoms with Gasteiger partial charge in [-0.3, -0.25) is 14.9 Å². The number of ether oxygens (including phenoxy) is 4. The van der Waals surface area contributed by atoms with Gasteiger partial charge in [-0.1, -0.05) is 0 Å². The lowest BCUT2D eigenvalue weighted by atomic mass is 10.1. The maximum atomic E-state index is 12.5. The van der Waals surface area contributed by atoms with E-state index >= 15 is 0 Å². The van der Waals surface area contributed by atoms with Crippen LogP contribution in [0.25, 0.3) is 0 Å². The third-order valence-corrected chi connectivity index (χ3v) is 4.02. The third-order valence-electron chi connectivity index (χ3n) is 4.02. The van der Waals surface area contributed by atoms with E-state index in [0.29, 0.717) is 5.56 Å². The lowest BCUT2D eigenvalue weighted by Crippen LogP contribution is -2.71. The third kappa shape index (κ3) is 7.92. The Morgan fingerprint density at radius 3 is 2.36 bits per heavy atom. The van der Waals surface area contributed by atoms with Crippen molar-refractivity contribution in [1.29, 1.82) is 0 Å². The molecule has 0 bridgehead atoms. The first kappa shape index (κ1) is 25.3. The molecule has 14 heteroatoms. The first-order valence-electron chi connectivity index (χ1n) is 9.63. The SMILES string of the molecule is CC(C)(C)OC(=O)NC1C(=O)NC1OC(COC(N)=O)C(=O)OCc1ccc([N+](=O)[O-])cc1. The van der Waals surface area contributed by atoms with E-state index in [2.05, 4.69) is 15.4 Å². The fourth-order valence-corrected chi connectivity index (χ4v) is 2.50. The van der Waals surface area contributed by atoms with Crippen LogP contribution in [0.1, 0.15) is 26.3 Å². The van der Waals surface area contributed by atoms with Crippen LogP contribution in [0.5, 0.6) is 0 Å². The van der Waals surface area contributed by atoms with Crippen LogP contribution in [0.15, 0.2) is 24.3 Å². The van der Waals surface area contributed by atoms with Gasteiger partial charge in [0.05, 0.1) is 4.92 Å². The molecule has 1 saturated heterocycles. The molecule has 3 unspecified atom stereocenters. The van der Waals surface area contributed by atoms with Crippen molar-refractivity contribution >= 4 is 29.8 Å². The summed E-state index contributed by atoms with van der Waals surface area (Å²) in [6.07, 6.45) is -4.68. The zero-order chi connectivity index (χ0) is 24.8. The van der Waals surface area contributed by atoms with Crippen LogP contribution in [0.3, 0.4) is 0 Å². The van der Waals surface area contributed by atoms with Gasteiger partial charge in [0.15, 0.2) is 18.4 Å². The average molecular weight is 468 g/mol. The van der Waals surface area contributed by atoms with Crippen molar-refractivity contribution in [1.82, 2.24) is 10.6 Å². The molecule has 0 saturated carbocycles. The number of nitro groups is 1.